The van der Waals surface area contributed by atoms with Crippen molar-refractivity contribution in [1.82, 2.24) is 0 Å². The quantitative estimate of drug-likeness (QED) is 0.818. The fourth-order valence-corrected chi connectivity index (χ4v) is 2.00. The highest BCUT2D eigenvalue weighted by atomic mass is 16.1. The average molecular weight is 203 g/mol. The molecule has 1 aliphatic heterocycles. The maximum absolute atomic E-state index is 10.9. The molecule has 1 aromatic rings. The molecule has 0 radical (unpaired) electrons. The molecule has 1 heterocycles. The number of carbonyl (C=O) groups excluding carboxylic acids is 1. The van der Waals surface area contributed by atoms with Gasteiger partial charge in [-0.25, -0.2) is 0 Å². The summed E-state index contributed by atoms with van der Waals surface area (Å²) in [7, 11) is 0. The molecule has 0 aliphatic carbocycles. The van der Waals surface area contributed by atoms with Crippen LogP contribution in [0.5, 0.6) is 0 Å². The van der Waals surface area contributed by atoms with Crippen molar-refractivity contribution in [3.05, 3.63) is 29.3 Å². The SMILES string of the molecule is CC(=O)CCc1ccc2c(c1)CCCN2. The Morgan fingerprint density at radius 3 is 3.13 bits per heavy atom. The summed E-state index contributed by atoms with van der Waals surface area (Å²) >= 11 is 0. The summed E-state index contributed by atoms with van der Waals surface area (Å²) in [5.41, 5.74) is 3.96. The van der Waals surface area contributed by atoms with Gasteiger partial charge in [0.2, 0.25) is 0 Å². The Morgan fingerprint density at radius 1 is 1.47 bits per heavy atom. The molecule has 0 spiro atoms. The lowest BCUT2D eigenvalue weighted by Gasteiger charge is -2.18. The van der Waals surface area contributed by atoms with Crippen LogP contribution < -0.4 is 5.32 Å². The molecule has 0 unspecified atom stereocenters. The number of fused-ring (bicyclic) bond motifs is 1. The zero-order chi connectivity index (χ0) is 10.7. The van der Waals surface area contributed by atoms with E-state index in [1.165, 1.54) is 23.2 Å². The Labute approximate surface area is 90.7 Å². The van der Waals surface area contributed by atoms with E-state index in [-0.39, 0.29) is 5.78 Å². The molecule has 2 rings (SSSR count). The molecular weight excluding hydrogens is 186 g/mol. The van der Waals surface area contributed by atoms with Crippen molar-refractivity contribution in [1.29, 1.82) is 0 Å². The van der Waals surface area contributed by atoms with Crippen molar-refractivity contribution in [3.8, 4) is 0 Å². The fraction of sp³-hybridized carbons (Fsp3) is 0.462. The largest absolute Gasteiger partial charge is 0.385 e. The van der Waals surface area contributed by atoms with Gasteiger partial charge in [-0.15, -0.1) is 0 Å². The number of ketones is 1. The van der Waals surface area contributed by atoms with E-state index < -0.39 is 0 Å². The third kappa shape index (κ3) is 2.58. The van der Waals surface area contributed by atoms with Crippen LogP contribution in [-0.2, 0) is 17.6 Å². The van der Waals surface area contributed by atoms with Gasteiger partial charge in [0.1, 0.15) is 5.78 Å². The van der Waals surface area contributed by atoms with Crippen LogP contribution in [0.4, 0.5) is 5.69 Å². The van der Waals surface area contributed by atoms with Crippen LogP contribution in [0.15, 0.2) is 18.2 Å². The number of Topliss-reactive ketones (excluding diaryl/α,β-unsaturated/α-hetero) is 1. The minimum atomic E-state index is 0.269. The summed E-state index contributed by atoms with van der Waals surface area (Å²) in [6.45, 7) is 2.74. The van der Waals surface area contributed by atoms with Crippen molar-refractivity contribution in [3.63, 3.8) is 0 Å². The van der Waals surface area contributed by atoms with Crippen LogP contribution in [0.2, 0.25) is 0 Å². The lowest BCUT2D eigenvalue weighted by molar-refractivity contribution is -0.116. The fourth-order valence-electron chi connectivity index (χ4n) is 2.00. The van der Waals surface area contributed by atoms with E-state index in [1.54, 1.807) is 6.92 Å². The van der Waals surface area contributed by atoms with Gasteiger partial charge in [0.05, 0.1) is 0 Å². The number of anilines is 1. The molecule has 0 aromatic heterocycles. The zero-order valence-electron chi connectivity index (χ0n) is 9.18. The second-order valence-corrected chi connectivity index (χ2v) is 4.22. The molecule has 80 valence electrons. The smallest absolute Gasteiger partial charge is 0.130 e. The third-order valence-electron chi connectivity index (χ3n) is 2.87. The van der Waals surface area contributed by atoms with Gasteiger partial charge in [0, 0.05) is 18.7 Å². The van der Waals surface area contributed by atoms with Crippen LogP contribution in [0.1, 0.15) is 30.9 Å². The summed E-state index contributed by atoms with van der Waals surface area (Å²) < 4.78 is 0. The first-order chi connectivity index (χ1) is 7.25. The highest BCUT2D eigenvalue weighted by Crippen LogP contribution is 2.23. The highest BCUT2D eigenvalue weighted by Gasteiger charge is 2.08. The molecule has 0 saturated carbocycles. The molecule has 1 aliphatic rings. The monoisotopic (exact) mass is 203 g/mol. The molecule has 15 heavy (non-hydrogen) atoms. The van der Waals surface area contributed by atoms with Crippen molar-refractivity contribution in [2.24, 2.45) is 0 Å². The minimum Gasteiger partial charge on any atom is -0.385 e. The maximum Gasteiger partial charge on any atom is 0.130 e. The van der Waals surface area contributed by atoms with E-state index in [2.05, 4.69) is 23.5 Å². The number of benzene rings is 1. The molecule has 0 saturated heterocycles. The Morgan fingerprint density at radius 2 is 2.33 bits per heavy atom. The van der Waals surface area contributed by atoms with Gasteiger partial charge in [0.15, 0.2) is 0 Å². The second-order valence-electron chi connectivity index (χ2n) is 4.22. The van der Waals surface area contributed by atoms with Gasteiger partial charge in [-0.05, 0) is 43.4 Å². The van der Waals surface area contributed by atoms with Crippen LogP contribution >= 0.6 is 0 Å². The van der Waals surface area contributed by atoms with Crippen LogP contribution in [0.3, 0.4) is 0 Å². The maximum atomic E-state index is 10.9. The Bertz CT molecular complexity index is 371. The first-order valence-corrected chi connectivity index (χ1v) is 5.61. The summed E-state index contributed by atoms with van der Waals surface area (Å²) in [5.74, 6) is 0.269. The Hall–Kier alpha value is -1.31. The topological polar surface area (TPSA) is 29.1 Å². The number of hydrogen-bond donors (Lipinski definition) is 1. The minimum absolute atomic E-state index is 0.269. The van der Waals surface area contributed by atoms with Gasteiger partial charge in [-0.3, -0.25) is 0 Å². The number of aryl methyl sites for hydroxylation is 2. The molecule has 2 nitrogen and oxygen atoms in total. The summed E-state index contributed by atoms with van der Waals surface area (Å²) in [4.78, 5) is 10.9. The highest BCUT2D eigenvalue weighted by molar-refractivity contribution is 5.75. The predicted octanol–water partition coefficient (Wildman–Crippen LogP) is 2.57. The van der Waals surface area contributed by atoms with Crippen molar-refractivity contribution < 1.29 is 4.79 Å². The number of rotatable bonds is 3. The Kier molecular flexibility index (Phi) is 3.05. The van der Waals surface area contributed by atoms with Crippen LogP contribution in [0, 0.1) is 0 Å². The number of hydrogen-bond acceptors (Lipinski definition) is 2. The van der Waals surface area contributed by atoms with Gasteiger partial charge < -0.3 is 10.1 Å². The molecule has 0 amide bonds. The first kappa shape index (κ1) is 10.2. The summed E-state index contributed by atoms with van der Waals surface area (Å²) in [5, 5.41) is 3.39. The Balaban J connectivity index is 2.10. The molecule has 1 N–H and O–H groups in total. The van der Waals surface area contributed by atoms with E-state index in [4.69, 9.17) is 0 Å². The normalized spacial score (nSPS) is 14.2. The second kappa shape index (κ2) is 4.47. The first-order valence-electron chi connectivity index (χ1n) is 5.61. The van der Waals surface area contributed by atoms with Gasteiger partial charge >= 0.3 is 0 Å². The van der Waals surface area contributed by atoms with Crippen LogP contribution in [-0.4, -0.2) is 12.3 Å². The standard InChI is InChI=1S/C13H17NO/c1-10(15)4-5-11-6-7-13-12(9-11)3-2-8-14-13/h6-7,9,14H,2-5,8H2,1H3. The van der Waals surface area contributed by atoms with E-state index in [9.17, 15) is 4.79 Å². The molecular formula is C13H17NO. The van der Waals surface area contributed by atoms with Crippen molar-refractivity contribution >= 4 is 11.5 Å². The van der Waals surface area contributed by atoms with E-state index >= 15 is 0 Å². The molecule has 2 heteroatoms. The number of nitrogens with one attached hydrogen (secondary N) is 1. The van der Waals surface area contributed by atoms with Crippen LogP contribution in [0.25, 0.3) is 0 Å². The predicted molar refractivity (Wildman–Crippen MR) is 62.3 cm³/mol. The van der Waals surface area contributed by atoms with E-state index in [0.29, 0.717) is 6.42 Å². The van der Waals surface area contributed by atoms with Crippen molar-refractivity contribution in [2.45, 2.75) is 32.6 Å². The van der Waals surface area contributed by atoms with E-state index in [0.717, 1.165) is 19.4 Å². The summed E-state index contributed by atoms with van der Waals surface area (Å²) in [6, 6.07) is 6.51. The molecule has 1 aromatic carbocycles. The average Bonchev–Trinajstić information content (AvgIpc) is 2.26. The van der Waals surface area contributed by atoms with Gasteiger partial charge in [-0.2, -0.15) is 0 Å². The lowest BCUT2D eigenvalue weighted by atomic mass is 9.98. The summed E-state index contributed by atoms with van der Waals surface area (Å²) in [6.07, 6.45) is 3.91. The van der Waals surface area contributed by atoms with Crippen molar-refractivity contribution in [2.75, 3.05) is 11.9 Å². The lowest BCUT2D eigenvalue weighted by Crippen LogP contribution is -2.11. The molecule has 0 bridgehead atoms. The van der Waals surface area contributed by atoms with Gasteiger partial charge in [-0.1, -0.05) is 12.1 Å². The van der Waals surface area contributed by atoms with E-state index in [1.807, 2.05) is 0 Å². The zero-order valence-corrected chi connectivity index (χ0v) is 9.18. The van der Waals surface area contributed by atoms with Gasteiger partial charge in [0.25, 0.3) is 0 Å². The number of carbonyl (C=O) groups is 1. The third-order valence-corrected chi connectivity index (χ3v) is 2.87. The molecule has 0 fully saturated rings. The molecule has 0 atom stereocenters.